The van der Waals surface area contributed by atoms with Gasteiger partial charge in [-0.15, -0.1) is 0 Å². The summed E-state index contributed by atoms with van der Waals surface area (Å²) in [4.78, 5) is 12.5. The summed E-state index contributed by atoms with van der Waals surface area (Å²) >= 11 is 0. The normalized spacial score (nSPS) is 17.7. The van der Waals surface area contributed by atoms with Gasteiger partial charge >= 0.3 is 0 Å². The van der Waals surface area contributed by atoms with Crippen LogP contribution in [0, 0.1) is 0 Å². The molecule has 0 unspecified atom stereocenters. The molecule has 0 bridgehead atoms. The van der Waals surface area contributed by atoms with E-state index in [9.17, 15) is 4.79 Å². The number of nitrogens with one attached hydrogen (secondary N) is 1. The topological polar surface area (TPSA) is 38.3 Å². The van der Waals surface area contributed by atoms with Gasteiger partial charge in [0.15, 0.2) is 6.10 Å². The van der Waals surface area contributed by atoms with Crippen molar-refractivity contribution in [2.45, 2.75) is 64.0 Å². The van der Waals surface area contributed by atoms with E-state index in [2.05, 4.69) is 17.4 Å². The number of carbonyl (C=O) groups excluding carboxylic acids is 1. The summed E-state index contributed by atoms with van der Waals surface area (Å²) in [6, 6.07) is 14.4. The van der Waals surface area contributed by atoms with Crippen LogP contribution >= 0.6 is 0 Å². The van der Waals surface area contributed by atoms with Crippen LogP contribution in [-0.4, -0.2) is 18.1 Å². The molecule has 1 saturated carbocycles. The van der Waals surface area contributed by atoms with Crippen LogP contribution < -0.4 is 10.1 Å². The predicted molar refractivity (Wildman–Crippen MR) is 98.3 cm³/mol. The van der Waals surface area contributed by atoms with Crippen LogP contribution in [0.15, 0.2) is 42.5 Å². The van der Waals surface area contributed by atoms with Crippen molar-refractivity contribution in [1.82, 2.24) is 5.32 Å². The van der Waals surface area contributed by atoms with Crippen LogP contribution in [-0.2, 0) is 4.79 Å². The van der Waals surface area contributed by atoms with Crippen molar-refractivity contribution in [1.29, 1.82) is 0 Å². The van der Waals surface area contributed by atoms with Gasteiger partial charge in [0.25, 0.3) is 5.91 Å². The van der Waals surface area contributed by atoms with Crippen LogP contribution in [0.3, 0.4) is 0 Å². The molecule has 2 aromatic rings. The first-order chi connectivity index (χ1) is 11.7. The standard InChI is InChI=1S/C21H27NO2/c1-16(21(23)22-18-12-5-3-2-4-6-13-18)24-20-15-9-11-17-10-7-8-14-19(17)20/h7-11,14-16,18H,2-6,12-13H2,1H3,(H,22,23)/t16-/m0/s1. The molecule has 0 radical (unpaired) electrons. The van der Waals surface area contributed by atoms with Gasteiger partial charge in [-0.25, -0.2) is 0 Å². The Labute approximate surface area is 144 Å². The molecule has 3 nitrogen and oxygen atoms in total. The van der Waals surface area contributed by atoms with Crippen LogP contribution in [0.25, 0.3) is 10.8 Å². The molecule has 1 N–H and O–H groups in total. The van der Waals surface area contributed by atoms with Crippen molar-refractivity contribution in [2.24, 2.45) is 0 Å². The smallest absolute Gasteiger partial charge is 0.260 e. The SMILES string of the molecule is C[C@H](Oc1cccc2ccccc12)C(=O)NC1CCCCCCC1. The third-order valence-corrected chi connectivity index (χ3v) is 4.87. The Hall–Kier alpha value is -2.03. The molecule has 0 aromatic heterocycles. The number of ether oxygens (including phenoxy) is 1. The molecule has 128 valence electrons. The van der Waals surface area contributed by atoms with E-state index < -0.39 is 6.10 Å². The molecule has 0 saturated heterocycles. The molecule has 3 heteroatoms. The molecule has 24 heavy (non-hydrogen) atoms. The second kappa shape index (κ2) is 8.18. The zero-order valence-corrected chi connectivity index (χ0v) is 14.5. The Kier molecular flexibility index (Phi) is 5.73. The number of hydrogen-bond acceptors (Lipinski definition) is 2. The molecule has 1 amide bonds. The van der Waals surface area contributed by atoms with Gasteiger partial charge in [0.1, 0.15) is 5.75 Å². The maximum Gasteiger partial charge on any atom is 0.260 e. The van der Waals surface area contributed by atoms with E-state index in [1.165, 1.54) is 32.1 Å². The van der Waals surface area contributed by atoms with E-state index in [0.717, 1.165) is 29.4 Å². The molecule has 0 spiro atoms. The number of fused-ring (bicyclic) bond motifs is 1. The van der Waals surface area contributed by atoms with Gasteiger partial charge in [0, 0.05) is 11.4 Å². The van der Waals surface area contributed by atoms with Gasteiger partial charge in [-0.05, 0) is 31.2 Å². The maximum absolute atomic E-state index is 12.5. The van der Waals surface area contributed by atoms with Crippen LogP contribution in [0.1, 0.15) is 51.9 Å². The first kappa shape index (κ1) is 16.8. The fourth-order valence-electron chi connectivity index (χ4n) is 3.46. The Bertz CT molecular complexity index is 669. The minimum atomic E-state index is -0.485. The Morgan fingerprint density at radius 3 is 2.46 bits per heavy atom. The average molecular weight is 325 g/mol. The van der Waals surface area contributed by atoms with E-state index in [4.69, 9.17) is 4.74 Å². The molecule has 1 aliphatic carbocycles. The van der Waals surface area contributed by atoms with Crippen LogP contribution in [0.2, 0.25) is 0 Å². The lowest BCUT2D eigenvalue weighted by atomic mass is 9.96. The van der Waals surface area contributed by atoms with E-state index >= 15 is 0 Å². The Morgan fingerprint density at radius 2 is 1.67 bits per heavy atom. The van der Waals surface area contributed by atoms with Crippen LogP contribution in [0.5, 0.6) is 5.75 Å². The van der Waals surface area contributed by atoms with Crippen molar-refractivity contribution in [3.63, 3.8) is 0 Å². The summed E-state index contributed by atoms with van der Waals surface area (Å²) in [5, 5.41) is 5.37. The highest BCUT2D eigenvalue weighted by Crippen LogP contribution is 2.26. The average Bonchev–Trinajstić information content (AvgIpc) is 2.57. The summed E-state index contributed by atoms with van der Waals surface area (Å²) in [6.45, 7) is 1.83. The van der Waals surface area contributed by atoms with Gasteiger partial charge < -0.3 is 10.1 Å². The summed E-state index contributed by atoms with van der Waals surface area (Å²) in [5.74, 6) is 0.766. The molecule has 0 aliphatic heterocycles. The minimum absolute atomic E-state index is 0.00601. The fraction of sp³-hybridized carbons (Fsp3) is 0.476. The van der Waals surface area contributed by atoms with Gasteiger partial charge in [-0.3, -0.25) is 4.79 Å². The number of carbonyl (C=O) groups is 1. The highest BCUT2D eigenvalue weighted by molar-refractivity contribution is 5.89. The number of rotatable bonds is 4. The molecule has 2 aromatic carbocycles. The van der Waals surface area contributed by atoms with Crippen molar-refractivity contribution in [3.05, 3.63) is 42.5 Å². The summed E-state index contributed by atoms with van der Waals surface area (Å²) in [5.41, 5.74) is 0. The molecule has 3 rings (SSSR count). The monoisotopic (exact) mass is 325 g/mol. The third kappa shape index (κ3) is 4.28. The molecular weight excluding hydrogens is 298 g/mol. The first-order valence-electron chi connectivity index (χ1n) is 9.19. The second-order valence-corrected chi connectivity index (χ2v) is 6.79. The zero-order valence-electron chi connectivity index (χ0n) is 14.5. The zero-order chi connectivity index (χ0) is 16.8. The highest BCUT2D eigenvalue weighted by atomic mass is 16.5. The predicted octanol–water partition coefficient (Wildman–Crippen LogP) is 4.84. The summed E-state index contributed by atoms with van der Waals surface area (Å²) < 4.78 is 5.97. The van der Waals surface area contributed by atoms with E-state index in [0.29, 0.717) is 6.04 Å². The molecule has 1 aliphatic rings. The largest absolute Gasteiger partial charge is 0.480 e. The maximum atomic E-state index is 12.5. The molecular formula is C21H27NO2. The highest BCUT2D eigenvalue weighted by Gasteiger charge is 2.20. The Balaban J connectivity index is 1.62. The quantitative estimate of drug-likeness (QED) is 0.874. The number of amides is 1. The number of hydrogen-bond donors (Lipinski definition) is 1. The van der Waals surface area contributed by atoms with E-state index in [-0.39, 0.29) is 5.91 Å². The van der Waals surface area contributed by atoms with Crippen molar-refractivity contribution < 1.29 is 9.53 Å². The van der Waals surface area contributed by atoms with Gasteiger partial charge in [-0.1, -0.05) is 68.5 Å². The first-order valence-corrected chi connectivity index (χ1v) is 9.19. The molecule has 1 atom stereocenters. The lowest BCUT2D eigenvalue weighted by Crippen LogP contribution is -2.42. The van der Waals surface area contributed by atoms with E-state index in [1.54, 1.807) is 0 Å². The lowest BCUT2D eigenvalue weighted by molar-refractivity contribution is -0.128. The van der Waals surface area contributed by atoms with Crippen molar-refractivity contribution in [2.75, 3.05) is 0 Å². The van der Waals surface area contributed by atoms with E-state index in [1.807, 2.05) is 37.3 Å². The van der Waals surface area contributed by atoms with Gasteiger partial charge in [-0.2, -0.15) is 0 Å². The fourth-order valence-corrected chi connectivity index (χ4v) is 3.46. The third-order valence-electron chi connectivity index (χ3n) is 4.87. The van der Waals surface area contributed by atoms with Gasteiger partial charge in [0.2, 0.25) is 0 Å². The van der Waals surface area contributed by atoms with Crippen molar-refractivity contribution >= 4 is 16.7 Å². The van der Waals surface area contributed by atoms with Gasteiger partial charge in [0.05, 0.1) is 0 Å². The Morgan fingerprint density at radius 1 is 1.00 bits per heavy atom. The summed E-state index contributed by atoms with van der Waals surface area (Å²) in [6.07, 6.45) is 8.03. The molecule has 1 fully saturated rings. The minimum Gasteiger partial charge on any atom is -0.480 e. The molecule has 0 heterocycles. The summed E-state index contributed by atoms with van der Waals surface area (Å²) in [7, 11) is 0. The van der Waals surface area contributed by atoms with Crippen molar-refractivity contribution in [3.8, 4) is 5.75 Å². The lowest BCUT2D eigenvalue weighted by Gasteiger charge is -2.23. The van der Waals surface area contributed by atoms with Crippen LogP contribution in [0.4, 0.5) is 0 Å². The second-order valence-electron chi connectivity index (χ2n) is 6.79. The number of benzene rings is 2.